The molecule has 14 heteroatoms. The first kappa shape index (κ1) is 27.4. The minimum Gasteiger partial charge on any atom is -0.378 e. The van der Waals surface area contributed by atoms with Gasteiger partial charge in [-0.25, -0.2) is 22.0 Å². The highest BCUT2D eigenvalue weighted by Crippen LogP contribution is 2.48. The molecule has 32 heavy (non-hydrogen) atoms. The van der Waals surface area contributed by atoms with Crippen LogP contribution in [0.15, 0.2) is 0 Å². The van der Waals surface area contributed by atoms with E-state index in [1.807, 2.05) is 0 Å². The van der Waals surface area contributed by atoms with Crippen molar-refractivity contribution in [1.29, 1.82) is 0 Å². The lowest BCUT2D eigenvalue weighted by atomic mass is 9.82. The second-order valence-electron chi connectivity index (χ2n) is 8.47. The molecule has 4 unspecified atom stereocenters. The Morgan fingerprint density at radius 3 is 1.81 bits per heavy atom. The molecule has 0 saturated carbocycles. The quantitative estimate of drug-likeness (QED) is 0.478. The Labute approximate surface area is 177 Å². The standard InChI is InChI=1S/C18H24F11NO2/c1-14(16(22,23)12(19)17(24,25)26)9-31-8-11(32-10-14)15(20,21)13(18(27,28)29)30-6-4-2-3-5-7-30/h11-13H,2-10H2,1H3. The van der Waals surface area contributed by atoms with E-state index < -0.39 is 67.8 Å². The van der Waals surface area contributed by atoms with Gasteiger partial charge in [0, 0.05) is 0 Å². The number of nitrogens with zero attached hydrogens (tertiary/aromatic N) is 1. The van der Waals surface area contributed by atoms with Gasteiger partial charge in [0.05, 0.1) is 25.2 Å². The lowest BCUT2D eigenvalue weighted by molar-refractivity contribution is -0.291. The molecule has 2 fully saturated rings. The third-order valence-corrected chi connectivity index (χ3v) is 5.81. The summed E-state index contributed by atoms with van der Waals surface area (Å²) in [5.74, 6) is -9.83. The van der Waals surface area contributed by atoms with Crippen molar-refractivity contribution in [3.63, 3.8) is 0 Å². The van der Waals surface area contributed by atoms with Gasteiger partial charge in [-0.15, -0.1) is 0 Å². The summed E-state index contributed by atoms with van der Waals surface area (Å²) in [6.45, 7) is -4.31. The van der Waals surface area contributed by atoms with Gasteiger partial charge in [-0.2, -0.15) is 26.3 Å². The van der Waals surface area contributed by atoms with Crippen LogP contribution in [-0.4, -0.2) is 80.3 Å². The van der Waals surface area contributed by atoms with Crippen LogP contribution < -0.4 is 0 Å². The fourth-order valence-corrected chi connectivity index (χ4v) is 3.89. The smallest absolute Gasteiger partial charge is 0.378 e. The van der Waals surface area contributed by atoms with Crippen molar-refractivity contribution in [2.24, 2.45) is 5.41 Å². The molecule has 190 valence electrons. The molecule has 3 nitrogen and oxygen atoms in total. The van der Waals surface area contributed by atoms with E-state index in [1.165, 1.54) is 0 Å². The summed E-state index contributed by atoms with van der Waals surface area (Å²) in [6.07, 6.45) is -17.1. The van der Waals surface area contributed by atoms with Crippen molar-refractivity contribution in [2.75, 3.05) is 32.9 Å². The first-order valence-electron chi connectivity index (χ1n) is 9.91. The molecule has 0 spiro atoms. The van der Waals surface area contributed by atoms with Crippen molar-refractivity contribution in [1.82, 2.24) is 4.90 Å². The fraction of sp³-hybridized carbons (Fsp3) is 1.00. The average Bonchev–Trinajstić information content (AvgIpc) is 3.01. The molecule has 4 atom stereocenters. The molecule has 0 aromatic rings. The van der Waals surface area contributed by atoms with Crippen LogP contribution in [0.2, 0.25) is 0 Å². The monoisotopic (exact) mass is 495 g/mol. The molecule has 0 N–H and O–H groups in total. The molecule has 0 amide bonds. The van der Waals surface area contributed by atoms with E-state index >= 15 is 8.78 Å². The van der Waals surface area contributed by atoms with Crippen molar-refractivity contribution >= 4 is 0 Å². The highest BCUT2D eigenvalue weighted by atomic mass is 19.4. The van der Waals surface area contributed by atoms with Gasteiger partial charge in [-0.3, -0.25) is 4.90 Å². The van der Waals surface area contributed by atoms with Crippen LogP contribution in [0.5, 0.6) is 0 Å². The molecular weight excluding hydrogens is 471 g/mol. The maximum absolute atomic E-state index is 15.1. The molecule has 2 rings (SSSR count). The Morgan fingerprint density at radius 2 is 1.34 bits per heavy atom. The number of halogens is 11. The summed E-state index contributed by atoms with van der Waals surface area (Å²) in [6, 6.07) is -3.31. The predicted octanol–water partition coefficient (Wildman–Crippen LogP) is 5.39. The van der Waals surface area contributed by atoms with Crippen molar-refractivity contribution < 1.29 is 57.8 Å². The SMILES string of the molecule is CC1(C(F)(F)C(F)C(F)(F)F)COCC(C(F)(F)C(N2CCCCCC2)C(F)(F)F)OC1. The highest BCUT2D eigenvalue weighted by molar-refractivity contribution is 5.01. The highest BCUT2D eigenvalue weighted by Gasteiger charge is 2.68. The first-order chi connectivity index (χ1) is 14.4. The van der Waals surface area contributed by atoms with Gasteiger partial charge in [0.1, 0.15) is 6.10 Å². The normalized spacial score (nSPS) is 29.8. The minimum absolute atomic E-state index is 0.240. The van der Waals surface area contributed by atoms with Gasteiger partial charge in [-0.05, 0) is 32.9 Å². The van der Waals surface area contributed by atoms with Gasteiger partial charge in [0.2, 0.25) is 0 Å². The zero-order chi connectivity index (χ0) is 24.6. The Hall–Kier alpha value is -0.890. The maximum atomic E-state index is 15.1. The third-order valence-electron chi connectivity index (χ3n) is 5.81. The van der Waals surface area contributed by atoms with Crippen LogP contribution in [0.25, 0.3) is 0 Å². The van der Waals surface area contributed by atoms with E-state index in [4.69, 9.17) is 0 Å². The zero-order valence-electron chi connectivity index (χ0n) is 17.0. The second-order valence-corrected chi connectivity index (χ2v) is 8.47. The topological polar surface area (TPSA) is 21.7 Å². The van der Waals surface area contributed by atoms with Gasteiger partial charge in [-0.1, -0.05) is 12.8 Å². The molecule has 2 heterocycles. The van der Waals surface area contributed by atoms with E-state index in [1.54, 1.807) is 0 Å². The minimum atomic E-state index is -5.96. The van der Waals surface area contributed by atoms with E-state index in [0.29, 0.717) is 24.7 Å². The van der Waals surface area contributed by atoms with E-state index in [-0.39, 0.29) is 25.9 Å². The molecule has 2 aliphatic heterocycles. The molecule has 0 aromatic heterocycles. The number of rotatable bonds is 5. The summed E-state index contributed by atoms with van der Waals surface area (Å²) in [7, 11) is 0. The van der Waals surface area contributed by atoms with Crippen LogP contribution in [0, 0.1) is 5.41 Å². The van der Waals surface area contributed by atoms with Crippen molar-refractivity contribution in [3.8, 4) is 0 Å². The van der Waals surface area contributed by atoms with Gasteiger partial charge in [0.15, 0.2) is 6.04 Å². The lowest BCUT2D eigenvalue weighted by Crippen LogP contribution is -2.62. The van der Waals surface area contributed by atoms with Crippen LogP contribution in [-0.2, 0) is 9.47 Å². The summed E-state index contributed by atoms with van der Waals surface area (Å²) in [4.78, 5) is 0.552. The third kappa shape index (κ3) is 5.60. The van der Waals surface area contributed by atoms with Crippen LogP contribution in [0.1, 0.15) is 32.6 Å². The largest absolute Gasteiger partial charge is 0.425 e. The first-order valence-corrected chi connectivity index (χ1v) is 9.91. The van der Waals surface area contributed by atoms with Crippen molar-refractivity contribution in [3.05, 3.63) is 0 Å². The van der Waals surface area contributed by atoms with E-state index in [9.17, 15) is 39.5 Å². The number of ether oxygens (including phenoxy) is 2. The Kier molecular flexibility index (Phi) is 8.03. The molecule has 0 bridgehead atoms. The zero-order valence-corrected chi connectivity index (χ0v) is 17.0. The summed E-state index contributed by atoms with van der Waals surface area (Å²) >= 11 is 0. The summed E-state index contributed by atoms with van der Waals surface area (Å²) in [5.41, 5.74) is -3.05. The van der Waals surface area contributed by atoms with Crippen LogP contribution in [0.4, 0.5) is 48.3 Å². The van der Waals surface area contributed by atoms with Crippen LogP contribution in [0.3, 0.4) is 0 Å². The van der Waals surface area contributed by atoms with Gasteiger partial charge < -0.3 is 9.47 Å². The van der Waals surface area contributed by atoms with Crippen LogP contribution >= 0.6 is 0 Å². The number of hydrogen-bond donors (Lipinski definition) is 0. The Bertz CT molecular complexity index is 617. The number of likely N-dealkylation sites (tertiary alicyclic amines) is 1. The Morgan fingerprint density at radius 1 is 0.812 bits per heavy atom. The molecule has 0 aliphatic carbocycles. The average molecular weight is 495 g/mol. The maximum Gasteiger partial charge on any atom is 0.425 e. The summed E-state index contributed by atoms with van der Waals surface area (Å²) in [5, 5.41) is 0. The Balaban J connectivity index is 2.27. The molecule has 0 aromatic carbocycles. The molecule has 2 saturated heterocycles. The molecule has 2 aliphatic rings. The number of alkyl halides is 11. The molecule has 0 radical (unpaired) electrons. The number of hydrogen-bond acceptors (Lipinski definition) is 3. The predicted molar refractivity (Wildman–Crippen MR) is 89.4 cm³/mol. The molecular formula is C18H24F11NO2. The fourth-order valence-electron chi connectivity index (χ4n) is 3.89. The van der Waals surface area contributed by atoms with E-state index in [2.05, 4.69) is 9.47 Å². The summed E-state index contributed by atoms with van der Waals surface area (Å²) < 4.78 is 160. The lowest BCUT2D eigenvalue weighted by Gasteiger charge is -2.40. The van der Waals surface area contributed by atoms with E-state index in [0.717, 1.165) is 0 Å². The van der Waals surface area contributed by atoms with Gasteiger partial charge in [0.25, 0.3) is 18.0 Å². The van der Waals surface area contributed by atoms with Gasteiger partial charge >= 0.3 is 12.4 Å². The van der Waals surface area contributed by atoms with Crippen molar-refractivity contribution in [2.45, 2.75) is 75.1 Å². The second kappa shape index (κ2) is 9.40.